The smallest absolute Gasteiger partial charge is 0.307 e. The van der Waals surface area contributed by atoms with Crippen LogP contribution in [0.2, 0.25) is 0 Å². The van der Waals surface area contributed by atoms with Crippen molar-refractivity contribution in [3.63, 3.8) is 0 Å². The largest absolute Gasteiger partial charge is 0.506 e. The van der Waals surface area contributed by atoms with Gasteiger partial charge in [0.15, 0.2) is 11.5 Å². The van der Waals surface area contributed by atoms with Gasteiger partial charge in [-0.1, -0.05) is 13.8 Å². The van der Waals surface area contributed by atoms with E-state index < -0.39 is 21.7 Å². The Kier molecular flexibility index (Phi) is 39.5. The monoisotopic (exact) mass is 2820 g/mol. The van der Waals surface area contributed by atoms with Gasteiger partial charge < -0.3 is 35.0 Å². The number of halogens is 15. The number of hydrogen-bond acceptors (Lipinski definition) is 10. The molecule has 0 fully saturated rings. The molecule has 452 valence electrons. The van der Waals surface area contributed by atoms with Crippen molar-refractivity contribution in [1.29, 1.82) is 0 Å². The normalized spacial score (nSPS) is 11.2. The molecule has 0 aliphatic carbocycles. The number of benzene rings is 6. The van der Waals surface area contributed by atoms with Gasteiger partial charge in [0, 0.05) is 1.37 Å². The van der Waals surface area contributed by atoms with Crippen LogP contribution in [0.15, 0.2) is 72.8 Å². The second kappa shape index (κ2) is 41.4. The van der Waals surface area contributed by atoms with Crippen molar-refractivity contribution in [2.75, 3.05) is 13.3 Å². The number of hydrogen-bond donors (Lipinski definition) is 5. The van der Waals surface area contributed by atoms with Crippen LogP contribution in [-0.2, 0) is 38.1 Å². The van der Waals surface area contributed by atoms with E-state index in [2.05, 4.69) is 292 Å². The first-order valence-electron chi connectivity index (χ1n) is 24.5. The van der Waals surface area contributed by atoms with Crippen LogP contribution in [0.1, 0.15) is 71.9 Å². The number of carbonyl (C=O) groups is 3. The Morgan fingerprint density at radius 2 is 0.683 bits per heavy atom. The molecule has 12 nitrogen and oxygen atoms in total. The van der Waals surface area contributed by atoms with E-state index in [4.69, 9.17) is 30.2 Å². The number of phenolic OH excluding ortho intramolecular Hbond substituents is 3. The minimum atomic E-state index is -0.858. The summed E-state index contributed by atoms with van der Waals surface area (Å²) in [5.74, 6) is 3.11. The fourth-order valence-electron chi connectivity index (χ4n) is 6.24. The Labute approximate surface area is 678 Å². The molecule has 28 heteroatoms. The van der Waals surface area contributed by atoms with E-state index in [0.29, 0.717) is 55.4 Å². The van der Waals surface area contributed by atoms with Gasteiger partial charge in [-0.3, -0.25) is 9.59 Å². The number of rotatable bonds is 23. The van der Waals surface area contributed by atoms with Crippen LogP contribution in [-0.4, -0.2) is 65.5 Å². The standard InChI is InChI=1S/C24H30I7O4Si.2C14H8I4O4.C2H6/c1-4-7-29-24(30-8-5-2,31-9-6-3)36-35-21(32)12-15-10-19(27)23(20(28)11-15)34-16-13-17(25)22(33)18(26)14-16;2*15-8-4-7(5-9(16)13(8)21)22-14-10(17)1-6(2-11(14)18)3-12(19)20;1-2/h10-11,13-14,33H,4-9,12,36H2,1-3H3;2*1-2,4-5,21H,3H2,(H,19,20);1-2H3/q-3;;;/i;;;1D. The Morgan fingerprint density at radius 3 is 0.902 bits per heavy atom. The van der Waals surface area contributed by atoms with Gasteiger partial charge in [-0.15, -0.1) is 0 Å². The van der Waals surface area contributed by atoms with Crippen molar-refractivity contribution in [2.24, 2.45) is 0 Å². The van der Waals surface area contributed by atoms with Gasteiger partial charge in [0.25, 0.3) is 0 Å². The molecule has 0 heterocycles. The summed E-state index contributed by atoms with van der Waals surface area (Å²) in [4.78, 5) is 34.6. The van der Waals surface area contributed by atoms with Crippen LogP contribution >= 0.6 is 271 Å². The third-order valence-corrected chi connectivity index (χ3v) is 46.6. The summed E-state index contributed by atoms with van der Waals surface area (Å²) in [6.07, 6.45) is 4.13. The minimum Gasteiger partial charge on any atom is -0.506 e. The molecule has 0 aliphatic rings. The maximum Gasteiger partial charge on any atom is 0.307 e. The Hall–Kier alpha value is 3.70. The molecule has 0 amide bonds. The molecule has 0 atom stereocenters. The number of ether oxygens (including phenoxy) is 3. The number of carboxylic acids is 2. The van der Waals surface area contributed by atoms with Gasteiger partial charge >= 0.3 is 258 Å². The van der Waals surface area contributed by atoms with E-state index in [1.807, 2.05) is 48.5 Å². The first kappa shape index (κ1) is 78.1. The molecule has 0 spiro atoms. The zero-order chi connectivity index (χ0) is 62.3. The van der Waals surface area contributed by atoms with Crippen LogP contribution in [0.4, 0.5) is 0 Å². The van der Waals surface area contributed by atoms with Crippen molar-refractivity contribution >= 4 is 299 Å². The summed E-state index contributed by atoms with van der Waals surface area (Å²) in [7, 11) is -0.837. The van der Waals surface area contributed by atoms with Gasteiger partial charge in [0.05, 0.1) is 48.5 Å². The van der Waals surface area contributed by atoms with Crippen LogP contribution < -0.4 is 77.8 Å². The van der Waals surface area contributed by atoms with Gasteiger partial charge in [-0.2, -0.15) is 0 Å². The molecule has 0 aliphatic heterocycles. The van der Waals surface area contributed by atoms with Crippen LogP contribution in [0, 0.1) is 42.8 Å². The quantitative estimate of drug-likeness (QED) is 0.0233. The summed E-state index contributed by atoms with van der Waals surface area (Å²) in [6.45, 7) is 9.19. The first-order valence-corrected chi connectivity index (χ1v) is 45.9. The van der Waals surface area contributed by atoms with E-state index in [1.54, 1.807) is 31.2 Å². The van der Waals surface area contributed by atoms with Crippen LogP contribution in [0.5, 0.6) is 51.7 Å². The summed E-state index contributed by atoms with van der Waals surface area (Å²) in [6, 6.07) is 22.0. The zero-order valence-corrected chi connectivity index (χ0v) is 77.2. The molecule has 0 bridgehead atoms. The van der Waals surface area contributed by atoms with E-state index in [0.717, 1.165) is 51.0 Å². The number of alkyl halides is 6. The Morgan fingerprint density at radius 1 is 0.451 bits per heavy atom. The fraction of sp³-hybridized carbons (Fsp3) is 0.278. The van der Waals surface area contributed by atoms with Crippen LogP contribution in [0.25, 0.3) is 0 Å². The van der Waals surface area contributed by atoms with E-state index in [-0.39, 0.29) is 99.7 Å². The van der Waals surface area contributed by atoms with Gasteiger partial charge in [-0.05, 0) is 286 Å². The second-order valence-corrected chi connectivity index (χ2v) is 53.4. The molecule has 0 unspecified atom stereocenters. The third-order valence-electron chi connectivity index (χ3n) is 9.70. The SMILES string of the molecule is CCC[I-]C([SiH2]OC(=O)Cc1cc(I)c(Oc2cc(I)c(O)c(I)c2)c(I)c1)([I-]CCC)[I-]CCC.O=C(O)Cc1cc(I)c(Oc2cc(I)c(O)c(I)c2)c(I)c1.O=C(O)Cc1cc(I)c(Oc2cc(I)c(O)c(I)c2)c(I)c1.[2H]CC. The van der Waals surface area contributed by atoms with Gasteiger partial charge in [-0.25, -0.2) is 0 Å². The third kappa shape index (κ3) is 27.3. The molecular formula is C54H52I15O12Si-3. The van der Waals surface area contributed by atoms with Gasteiger partial charge in [0.2, 0.25) is 0 Å². The number of carboxylic acid groups (broad SMARTS) is 2. The fourth-order valence-corrected chi connectivity index (χ4v) is 41.4. The summed E-state index contributed by atoms with van der Waals surface area (Å²) in [5, 5.41) is 47.4. The molecule has 0 radical (unpaired) electrons. The maximum atomic E-state index is 13.0. The van der Waals surface area contributed by atoms with E-state index in [1.165, 1.54) is 32.5 Å². The number of aromatic hydroxyl groups is 3. The Balaban J connectivity index is 0.000000333. The number of phenols is 3. The van der Waals surface area contributed by atoms with Crippen molar-refractivity contribution in [2.45, 2.75) is 72.2 Å². The van der Waals surface area contributed by atoms with Crippen LogP contribution in [0.3, 0.4) is 0 Å². The zero-order valence-electron chi connectivity index (χ0n) is 44.5. The summed E-state index contributed by atoms with van der Waals surface area (Å²) < 4.78 is 44.8. The van der Waals surface area contributed by atoms with E-state index >= 15 is 0 Å². The van der Waals surface area contributed by atoms with Gasteiger partial charge in [0.1, 0.15) is 28.7 Å². The van der Waals surface area contributed by atoms with Crippen molar-refractivity contribution in [3.8, 4) is 51.7 Å². The molecule has 5 N–H and O–H groups in total. The minimum absolute atomic E-state index is 0.0126. The molecule has 6 rings (SSSR count). The first-order chi connectivity index (χ1) is 39.1. The van der Waals surface area contributed by atoms with Crippen molar-refractivity contribution in [3.05, 3.63) is 132 Å². The van der Waals surface area contributed by atoms with Crippen molar-refractivity contribution in [1.82, 2.24) is 0 Å². The molecular weight excluding hydrogens is 2770 g/mol. The average Bonchev–Trinajstić information content (AvgIpc) is 3.39. The Bertz CT molecular complexity index is 2910. The molecule has 6 aromatic carbocycles. The molecule has 6 aromatic rings. The molecule has 0 saturated carbocycles. The maximum absolute atomic E-state index is 13.0. The molecule has 82 heavy (non-hydrogen) atoms. The summed E-state index contributed by atoms with van der Waals surface area (Å²) in [5.41, 5.74) is 2.46. The van der Waals surface area contributed by atoms with Crippen molar-refractivity contribution < 1.29 is 124 Å². The number of carbonyl (C=O) groups excluding carboxylic acids is 1. The topological polar surface area (TPSA) is 189 Å². The predicted molar refractivity (Wildman–Crippen MR) is 417 cm³/mol. The summed E-state index contributed by atoms with van der Waals surface area (Å²) >= 11 is 26.0. The molecule has 0 saturated heterocycles. The number of aliphatic carboxylic acids is 2. The molecule has 0 aromatic heterocycles. The predicted octanol–water partition coefficient (Wildman–Crippen LogP) is 9.37. The van der Waals surface area contributed by atoms with E-state index in [9.17, 15) is 29.7 Å². The average molecular weight is 2830 g/mol. The second-order valence-electron chi connectivity index (χ2n) is 16.2.